The van der Waals surface area contributed by atoms with Crippen LogP contribution in [0, 0.1) is 0 Å². The largest absolute Gasteiger partial charge is 0.496 e. The van der Waals surface area contributed by atoms with Crippen molar-refractivity contribution in [2.75, 3.05) is 38.2 Å². The Kier molecular flexibility index (Phi) is 6.00. The summed E-state index contributed by atoms with van der Waals surface area (Å²) in [6.45, 7) is 6.89. The number of anilines is 1. The highest BCUT2D eigenvalue weighted by Gasteiger charge is 2.20. The Balaban J connectivity index is 1.47. The van der Waals surface area contributed by atoms with Gasteiger partial charge < -0.3 is 9.64 Å². The lowest BCUT2D eigenvalue weighted by Gasteiger charge is -2.35. The maximum atomic E-state index is 5.50. The average Bonchev–Trinajstić information content (AvgIpc) is 2.80. The van der Waals surface area contributed by atoms with Gasteiger partial charge in [0.2, 0.25) is 0 Å². The number of aromatic nitrogens is 3. The van der Waals surface area contributed by atoms with Crippen molar-refractivity contribution in [1.82, 2.24) is 19.9 Å². The molecule has 6 nitrogen and oxygen atoms in total. The third-order valence-electron chi connectivity index (χ3n) is 5.30. The zero-order valence-corrected chi connectivity index (χ0v) is 17.1. The van der Waals surface area contributed by atoms with Crippen molar-refractivity contribution >= 4 is 5.82 Å². The molecule has 0 atom stereocenters. The molecule has 0 unspecified atom stereocenters. The van der Waals surface area contributed by atoms with Crippen LogP contribution in [-0.2, 0) is 13.0 Å². The van der Waals surface area contributed by atoms with Gasteiger partial charge >= 0.3 is 0 Å². The lowest BCUT2D eigenvalue weighted by Crippen LogP contribution is -2.46. The van der Waals surface area contributed by atoms with Crippen LogP contribution < -0.4 is 9.64 Å². The van der Waals surface area contributed by atoms with E-state index in [4.69, 9.17) is 9.72 Å². The Morgan fingerprint density at radius 1 is 0.966 bits per heavy atom. The summed E-state index contributed by atoms with van der Waals surface area (Å²) in [6, 6.07) is 16.2. The second kappa shape index (κ2) is 9.01. The van der Waals surface area contributed by atoms with Crippen LogP contribution in [0.15, 0.2) is 54.7 Å². The lowest BCUT2D eigenvalue weighted by atomic mass is 10.1. The number of aryl methyl sites for hydroxylation is 1. The first-order valence-electron chi connectivity index (χ1n) is 10.2. The van der Waals surface area contributed by atoms with Crippen molar-refractivity contribution in [1.29, 1.82) is 0 Å². The number of hydrogen-bond acceptors (Lipinski definition) is 6. The van der Waals surface area contributed by atoms with Gasteiger partial charge in [-0.05, 0) is 24.6 Å². The molecule has 1 aliphatic rings. The fraction of sp³-hybridized carbons (Fsp3) is 0.348. The Morgan fingerprint density at radius 2 is 1.76 bits per heavy atom. The minimum atomic E-state index is 0.705. The number of methoxy groups -OCH3 is 1. The summed E-state index contributed by atoms with van der Waals surface area (Å²) < 4.78 is 5.50. The lowest BCUT2D eigenvalue weighted by molar-refractivity contribution is 0.245. The fourth-order valence-corrected chi connectivity index (χ4v) is 3.65. The number of hydrogen-bond donors (Lipinski definition) is 0. The van der Waals surface area contributed by atoms with E-state index in [1.54, 1.807) is 13.3 Å². The van der Waals surface area contributed by atoms with Gasteiger partial charge in [0.25, 0.3) is 0 Å². The first-order chi connectivity index (χ1) is 14.3. The number of ether oxygens (including phenoxy) is 1. The molecule has 1 aliphatic heterocycles. The monoisotopic (exact) mass is 389 g/mol. The third-order valence-corrected chi connectivity index (χ3v) is 5.30. The molecule has 3 aromatic rings. The van der Waals surface area contributed by atoms with Crippen molar-refractivity contribution in [3.8, 4) is 17.3 Å². The minimum Gasteiger partial charge on any atom is -0.496 e. The van der Waals surface area contributed by atoms with E-state index < -0.39 is 0 Å². The molecule has 0 saturated carbocycles. The van der Waals surface area contributed by atoms with Crippen LogP contribution >= 0.6 is 0 Å². The van der Waals surface area contributed by atoms with E-state index in [0.29, 0.717) is 5.82 Å². The van der Waals surface area contributed by atoms with Gasteiger partial charge in [0.15, 0.2) is 5.82 Å². The SMILES string of the molecule is CCc1cc(N2CCN(Cc3ccccc3OC)CC2)nc(-c2ccccn2)n1. The van der Waals surface area contributed by atoms with Gasteiger partial charge in [-0.1, -0.05) is 31.2 Å². The first-order valence-corrected chi connectivity index (χ1v) is 10.2. The zero-order valence-electron chi connectivity index (χ0n) is 17.1. The summed E-state index contributed by atoms with van der Waals surface area (Å²) in [5, 5.41) is 0. The summed E-state index contributed by atoms with van der Waals surface area (Å²) in [4.78, 5) is 18.8. The molecule has 1 aromatic carbocycles. The van der Waals surface area contributed by atoms with Crippen LogP contribution in [0.3, 0.4) is 0 Å². The molecule has 0 N–H and O–H groups in total. The fourth-order valence-electron chi connectivity index (χ4n) is 3.65. The maximum absolute atomic E-state index is 5.50. The molecule has 1 saturated heterocycles. The van der Waals surface area contributed by atoms with E-state index >= 15 is 0 Å². The van der Waals surface area contributed by atoms with Gasteiger partial charge in [0, 0.05) is 56.2 Å². The molecule has 0 radical (unpaired) electrons. The van der Waals surface area contributed by atoms with E-state index in [0.717, 1.165) is 62.1 Å². The van der Waals surface area contributed by atoms with Gasteiger partial charge in [-0.25, -0.2) is 9.97 Å². The molecule has 6 heteroatoms. The van der Waals surface area contributed by atoms with Crippen LogP contribution in [0.4, 0.5) is 5.82 Å². The van der Waals surface area contributed by atoms with E-state index in [9.17, 15) is 0 Å². The van der Waals surface area contributed by atoms with Crippen molar-refractivity contribution in [2.45, 2.75) is 19.9 Å². The number of para-hydroxylation sites is 1. The summed E-state index contributed by atoms with van der Waals surface area (Å²) in [5.41, 5.74) is 3.10. The summed E-state index contributed by atoms with van der Waals surface area (Å²) >= 11 is 0. The second-order valence-electron chi connectivity index (χ2n) is 7.18. The number of rotatable bonds is 6. The van der Waals surface area contributed by atoms with Crippen LogP contribution in [-0.4, -0.2) is 53.1 Å². The van der Waals surface area contributed by atoms with E-state index in [1.165, 1.54) is 5.56 Å². The Labute approximate surface area is 172 Å². The van der Waals surface area contributed by atoms with Crippen molar-refractivity contribution in [2.24, 2.45) is 0 Å². The van der Waals surface area contributed by atoms with Gasteiger partial charge in [0.1, 0.15) is 17.3 Å². The predicted octanol–water partition coefficient (Wildman–Crippen LogP) is 3.43. The van der Waals surface area contributed by atoms with Gasteiger partial charge in [-0.3, -0.25) is 9.88 Å². The number of pyridine rings is 1. The van der Waals surface area contributed by atoms with Gasteiger partial charge in [-0.2, -0.15) is 0 Å². The number of nitrogens with zero attached hydrogens (tertiary/aromatic N) is 5. The first kappa shape index (κ1) is 19.3. The van der Waals surface area contributed by atoms with Crippen LogP contribution in [0.1, 0.15) is 18.2 Å². The molecule has 0 amide bonds. The van der Waals surface area contributed by atoms with Crippen molar-refractivity contribution in [3.63, 3.8) is 0 Å². The Bertz CT molecular complexity index is 939. The molecule has 0 spiro atoms. The predicted molar refractivity (Wildman–Crippen MR) is 115 cm³/mol. The highest BCUT2D eigenvalue weighted by atomic mass is 16.5. The van der Waals surface area contributed by atoms with Crippen LogP contribution in [0.2, 0.25) is 0 Å². The minimum absolute atomic E-state index is 0.705. The summed E-state index contributed by atoms with van der Waals surface area (Å²) in [7, 11) is 1.73. The summed E-state index contributed by atoms with van der Waals surface area (Å²) in [6.07, 6.45) is 2.66. The number of piperazine rings is 1. The number of benzene rings is 1. The molecular formula is C23H27N5O. The van der Waals surface area contributed by atoms with Crippen LogP contribution in [0.25, 0.3) is 11.5 Å². The van der Waals surface area contributed by atoms with E-state index in [2.05, 4.69) is 44.9 Å². The molecule has 4 rings (SSSR count). The molecular weight excluding hydrogens is 362 g/mol. The zero-order chi connectivity index (χ0) is 20.1. The topological polar surface area (TPSA) is 54.4 Å². The molecule has 1 fully saturated rings. The van der Waals surface area contributed by atoms with Gasteiger partial charge in [-0.15, -0.1) is 0 Å². The normalized spacial score (nSPS) is 14.8. The van der Waals surface area contributed by atoms with Crippen molar-refractivity contribution < 1.29 is 4.74 Å². The highest BCUT2D eigenvalue weighted by Crippen LogP contribution is 2.23. The standard InChI is InChI=1S/C23H27N5O/c1-3-19-16-22(26-23(25-19)20-9-6-7-11-24-20)28-14-12-27(13-15-28)17-18-8-4-5-10-21(18)29-2/h4-11,16H,3,12-15,17H2,1-2H3. The van der Waals surface area contributed by atoms with E-state index in [-0.39, 0.29) is 0 Å². The molecule has 0 aliphatic carbocycles. The Hall–Kier alpha value is -2.99. The Morgan fingerprint density at radius 3 is 2.48 bits per heavy atom. The van der Waals surface area contributed by atoms with E-state index in [1.807, 2.05) is 30.3 Å². The summed E-state index contributed by atoms with van der Waals surface area (Å²) in [5.74, 6) is 2.66. The second-order valence-corrected chi connectivity index (χ2v) is 7.18. The molecule has 3 heterocycles. The third kappa shape index (κ3) is 4.54. The molecule has 150 valence electrons. The molecule has 2 aromatic heterocycles. The molecule has 29 heavy (non-hydrogen) atoms. The molecule has 0 bridgehead atoms. The smallest absolute Gasteiger partial charge is 0.180 e. The van der Waals surface area contributed by atoms with Crippen molar-refractivity contribution in [3.05, 3.63) is 66.0 Å². The maximum Gasteiger partial charge on any atom is 0.180 e. The average molecular weight is 390 g/mol. The highest BCUT2D eigenvalue weighted by molar-refractivity contribution is 5.54. The van der Waals surface area contributed by atoms with Crippen LogP contribution in [0.5, 0.6) is 5.75 Å². The quantitative estimate of drug-likeness (QED) is 0.644. The van der Waals surface area contributed by atoms with Gasteiger partial charge in [0.05, 0.1) is 7.11 Å².